The van der Waals surface area contributed by atoms with E-state index in [0.29, 0.717) is 11.3 Å². The second kappa shape index (κ2) is 6.75. The first kappa shape index (κ1) is 17.3. The third-order valence-corrected chi connectivity index (χ3v) is 3.75. The second-order valence-corrected chi connectivity index (χ2v) is 5.34. The zero-order valence-corrected chi connectivity index (χ0v) is 14.0. The van der Waals surface area contributed by atoms with Gasteiger partial charge in [-0.2, -0.15) is 0 Å². The number of carbonyl (C=O) groups excluding carboxylic acids is 2. The number of anilines is 1. The monoisotopic (exact) mass is 358 g/mol. The highest BCUT2D eigenvalue weighted by atomic mass is 19.1. The molecule has 0 bridgehead atoms. The maximum atomic E-state index is 13.9. The van der Waals surface area contributed by atoms with Crippen molar-refractivity contribution in [3.63, 3.8) is 0 Å². The molecule has 1 heterocycles. The smallest absolute Gasteiger partial charge is 0.286 e. The predicted octanol–water partition coefficient (Wildman–Crippen LogP) is 2.94. The van der Waals surface area contributed by atoms with Crippen LogP contribution in [0.5, 0.6) is 11.5 Å². The minimum absolute atomic E-state index is 0.0221. The number of fused-ring (bicyclic) bond motifs is 1. The summed E-state index contributed by atoms with van der Waals surface area (Å²) in [6.07, 6.45) is 0. The van der Waals surface area contributed by atoms with E-state index < -0.39 is 17.6 Å². The molecule has 0 aliphatic heterocycles. The van der Waals surface area contributed by atoms with Crippen LogP contribution in [-0.4, -0.2) is 26.0 Å². The number of hydrogen-bond donors (Lipinski definition) is 2. The number of methoxy groups -OCH3 is 2. The van der Waals surface area contributed by atoms with E-state index in [1.165, 1.54) is 14.2 Å². The lowest BCUT2D eigenvalue weighted by molar-refractivity contribution is 0.0977. The third kappa shape index (κ3) is 3.04. The molecule has 0 aliphatic carbocycles. The van der Waals surface area contributed by atoms with Crippen LogP contribution in [-0.2, 0) is 0 Å². The average molecular weight is 358 g/mol. The van der Waals surface area contributed by atoms with Crippen LogP contribution in [0.25, 0.3) is 11.0 Å². The average Bonchev–Trinajstić information content (AvgIpc) is 2.99. The summed E-state index contributed by atoms with van der Waals surface area (Å²) in [6, 6.07) is 8.53. The Bertz CT molecular complexity index is 995. The minimum atomic E-state index is -0.909. The van der Waals surface area contributed by atoms with Crippen molar-refractivity contribution in [2.75, 3.05) is 19.5 Å². The van der Waals surface area contributed by atoms with Crippen molar-refractivity contribution in [1.82, 2.24) is 0 Å². The summed E-state index contributed by atoms with van der Waals surface area (Å²) in [6.45, 7) is 0. The Morgan fingerprint density at radius 3 is 2.38 bits per heavy atom. The number of ether oxygens (including phenoxy) is 2. The summed E-state index contributed by atoms with van der Waals surface area (Å²) in [7, 11) is 2.84. The number of rotatable bonds is 5. The van der Waals surface area contributed by atoms with Gasteiger partial charge >= 0.3 is 0 Å². The highest BCUT2D eigenvalue weighted by Crippen LogP contribution is 2.37. The van der Waals surface area contributed by atoms with Crippen LogP contribution < -0.4 is 20.5 Å². The molecule has 26 heavy (non-hydrogen) atoms. The zero-order chi connectivity index (χ0) is 18.8. The predicted molar refractivity (Wildman–Crippen MR) is 92.2 cm³/mol. The molecule has 0 radical (unpaired) electrons. The summed E-state index contributed by atoms with van der Waals surface area (Å²) in [4.78, 5) is 24.2. The van der Waals surface area contributed by atoms with E-state index in [1.54, 1.807) is 24.3 Å². The van der Waals surface area contributed by atoms with Gasteiger partial charge in [-0.05, 0) is 30.3 Å². The maximum absolute atomic E-state index is 13.9. The van der Waals surface area contributed by atoms with Gasteiger partial charge in [0.1, 0.15) is 17.3 Å². The second-order valence-electron chi connectivity index (χ2n) is 5.34. The van der Waals surface area contributed by atoms with E-state index >= 15 is 0 Å². The van der Waals surface area contributed by atoms with Crippen LogP contribution >= 0.6 is 0 Å². The Morgan fingerprint density at radius 1 is 1.12 bits per heavy atom. The van der Waals surface area contributed by atoms with E-state index in [2.05, 4.69) is 5.32 Å². The van der Waals surface area contributed by atoms with Crippen molar-refractivity contribution in [2.24, 2.45) is 5.73 Å². The van der Waals surface area contributed by atoms with Crippen molar-refractivity contribution in [3.8, 4) is 11.5 Å². The van der Waals surface area contributed by atoms with E-state index in [-0.39, 0.29) is 28.2 Å². The summed E-state index contributed by atoms with van der Waals surface area (Å²) < 4.78 is 29.4. The normalized spacial score (nSPS) is 10.6. The van der Waals surface area contributed by atoms with E-state index in [1.807, 2.05) is 0 Å². The highest BCUT2D eigenvalue weighted by molar-refractivity contribution is 6.14. The Morgan fingerprint density at radius 2 is 1.81 bits per heavy atom. The fourth-order valence-electron chi connectivity index (χ4n) is 2.51. The number of nitrogens with one attached hydrogen (secondary N) is 1. The van der Waals surface area contributed by atoms with Crippen molar-refractivity contribution in [3.05, 3.63) is 53.5 Å². The van der Waals surface area contributed by atoms with E-state index in [4.69, 9.17) is 19.6 Å². The molecule has 3 aromatic rings. The van der Waals surface area contributed by atoms with Gasteiger partial charge in [-0.3, -0.25) is 9.59 Å². The van der Waals surface area contributed by atoms with Gasteiger partial charge in [-0.25, -0.2) is 4.39 Å². The zero-order valence-electron chi connectivity index (χ0n) is 14.0. The number of furan rings is 1. The molecule has 0 atom stereocenters. The van der Waals surface area contributed by atoms with Crippen molar-refractivity contribution in [1.29, 1.82) is 0 Å². The highest BCUT2D eigenvalue weighted by Gasteiger charge is 2.24. The Labute approximate surface area is 147 Å². The van der Waals surface area contributed by atoms with Gasteiger partial charge in [-0.15, -0.1) is 0 Å². The SMILES string of the molecule is COc1ccc(C(=O)Nc2c(C(N)=O)oc3c(OC)cc(F)cc23)cc1. The van der Waals surface area contributed by atoms with Gasteiger partial charge in [0, 0.05) is 11.6 Å². The number of primary amides is 1. The molecule has 3 rings (SSSR count). The van der Waals surface area contributed by atoms with E-state index in [0.717, 1.165) is 12.1 Å². The molecule has 0 aliphatic rings. The molecule has 0 fully saturated rings. The molecule has 8 heteroatoms. The van der Waals surface area contributed by atoms with Crippen LogP contribution in [0.1, 0.15) is 20.9 Å². The number of benzene rings is 2. The quantitative estimate of drug-likeness (QED) is 0.730. The van der Waals surface area contributed by atoms with Gasteiger partial charge in [0.15, 0.2) is 11.3 Å². The first-order valence-corrected chi connectivity index (χ1v) is 7.49. The number of nitrogens with two attached hydrogens (primary N) is 1. The van der Waals surface area contributed by atoms with Crippen LogP contribution in [0.4, 0.5) is 10.1 Å². The number of carbonyl (C=O) groups is 2. The Hall–Kier alpha value is -3.55. The minimum Gasteiger partial charge on any atom is -0.497 e. The maximum Gasteiger partial charge on any atom is 0.286 e. The third-order valence-electron chi connectivity index (χ3n) is 3.75. The molecule has 2 aromatic carbocycles. The molecule has 7 nitrogen and oxygen atoms in total. The largest absolute Gasteiger partial charge is 0.497 e. The summed E-state index contributed by atoms with van der Waals surface area (Å²) in [5.41, 5.74) is 5.71. The molecule has 0 saturated carbocycles. The number of hydrogen-bond acceptors (Lipinski definition) is 5. The fourth-order valence-corrected chi connectivity index (χ4v) is 2.51. The van der Waals surface area contributed by atoms with Crippen molar-refractivity contribution >= 4 is 28.5 Å². The lowest BCUT2D eigenvalue weighted by atomic mass is 10.1. The number of amides is 2. The van der Waals surface area contributed by atoms with Gasteiger partial charge < -0.3 is 24.9 Å². The summed E-state index contributed by atoms with van der Waals surface area (Å²) in [5, 5.41) is 2.71. The Balaban J connectivity index is 2.07. The van der Waals surface area contributed by atoms with Gasteiger partial charge in [-0.1, -0.05) is 0 Å². The van der Waals surface area contributed by atoms with Gasteiger partial charge in [0.05, 0.1) is 19.6 Å². The van der Waals surface area contributed by atoms with Crippen LogP contribution in [0.2, 0.25) is 0 Å². The topological polar surface area (TPSA) is 104 Å². The standard InChI is InChI=1S/C18H15FN2O5/c1-24-11-5-3-9(4-6-11)18(23)21-14-12-7-10(19)8-13(25-2)15(12)26-16(14)17(20)22/h3-8H,1-2H3,(H2,20,22)(H,21,23). The van der Waals surface area contributed by atoms with Gasteiger partial charge in [0.2, 0.25) is 5.76 Å². The van der Waals surface area contributed by atoms with Crippen LogP contribution in [0.15, 0.2) is 40.8 Å². The first-order valence-electron chi connectivity index (χ1n) is 7.49. The van der Waals surface area contributed by atoms with Crippen molar-refractivity contribution < 1.29 is 27.9 Å². The molecule has 0 spiro atoms. The summed E-state index contributed by atoms with van der Waals surface area (Å²) >= 11 is 0. The molecule has 0 saturated heterocycles. The number of halogens is 1. The van der Waals surface area contributed by atoms with Crippen molar-refractivity contribution in [2.45, 2.75) is 0 Å². The Kier molecular flexibility index (Phi) is 4.49. The molecule has 0 unspecified atom stereocenters. The summed E-state index contributed by atoms with van der Waals surface area (Å²) in [5.74, 6) is -1.70. The molecular weight excluding hydrogens is 343 g/mol. The lowest BCUT2D eigenvalue weighted by Crippen LogP contribution is -2.17. The molecule has 2 amide bonds. The molecular formula is C18H15FN2O5. The molecule has 134 valence electrons. The fraction of sp³-hybridized carbons (Fsp3) is 0.111. The molecule has 3 N–H and O–H groups in total. The van der Waals surface area contributed by atoms with Gasteiger partial charge in [0.25, 0.3) is 11.8 Å². The van der Waals surface area contributed by atoms with Crippen LogP contribution in [0, 0.1) is 5.82 Å². The first-order chi connectivity index (χ1) is 12.4. The van der Waals surface area contributed by atoms with E-state index in [9.17, 15) is 14.0 Å². The van der Waals surface area contributed by atoms with Crippen LogP contribution in [0.3, 0.4) is 0 Å². The lowest BCUT2D eigenvalue weighted by Gasteiger charge is -2.06. The molecule has 1 aromatic heterocycles.